The van der Waals surface area contributed by atoms with Crippen molar-refractivity contribution in [1.82, 2.24) is 10.6 Å². The fourth-order valence-electron chi connectivity index (χ4n) is 2.60. The number of amides is 2. The molecule has 2 rings (SSSR count). The van der Waals surface area contributed by atoms with Gasteiger partial charge in [-0.2, -0.15) is 0 Å². The average molecular weight is 326 g/mol. The molecule has 0 radical (unpaired) electrons. The summed E-state index contributed by atoms with van der Waals surface area (Å²) in [5.74, 6) is 0.372. The van der Waals surface area contributed by atoms with Crippen molar-refractivity contribution in [3.05, 3.63) is 29.3 Å². The highest BCUT2D eigenvalue weighted by atomic mass is 35.5. The van der Waals surface area contributed by atoms with Gasteiger partial charge in [0.05, 0.1) is 11.3 Å². The molecule has 0 aliphatic carbocycles. The topological polar surface area (TPSA) is 70.2 Å². The minimum Gasteiger partial charge on any atom is -0.355 e. The standard InChI is InChI=1S/C16H23N3O2.ClH/c1-11-3-5-14(13(9-11)16(21)17-2)19-15(20)6-4-12-7-8-18-10-12;/h3,5,9,12,18H,4,6-8,10H2,1-2H3,(H,17,21)(H,19,20);1H. The van der Waals surface area contributed by atoms with Gasteiger partial charge in [0.2, 0.25) is 5.91 Å². The monoisotopic (exact) mass is 325 g/mol. The van der Waals surface area contributed by atoms with Gasteiger partial charge >= 0.3 is 0 Å². The lowest BCUT2D eigenvalue weighted by molar-refractivity contribution is -0.116. The number of aryl methyl sites for hydroxylation is 1. The number of nitrogens with one attached hydrogen (secondary N) is 3. The SMILES string of the molecule is CNC(=O)c1cc(C)ccc1NC(=O)CCC1CCNC1.Cl. The molecule has 1 unspecified atom stereocenters. The summed E-state index contributed by atoms with van der Waals surface area (Å²) >= 11 is 0. The Morgan fingerprint density at radius 2 is 2.14 bits per heavy atom. The molecule has 1 atom stereocenters. The van der Waals surface area contributed by atoms with E-state index in [9.17, 15) is 9.59 Å². The molecule has 1 aromatic carbocycles. The van der Waals surface area contributed by atoms with Crippen molar-refractivity contribution in [2.45, 2.75) is 26.2 Å². The molecule has 1 fully saturated rings. The second kappa shape index (κ2) is 8.76. The molecule has 6 heteroatoms. The van der Waals surface area contributed by atoms with Crippen molar-refractivity contribution in [1.29, 1.82) is 0 Å². The van der Waals surface area contributed by atoms with Gasteiger partial charge in [0, 0.05) is 13.5 Å². The molecule has 1 saturated heterocycles. The molecule has 22 heavy (non-hydrogen) atoms. The van der Waals surface area contributed by atoms with Crippen molar-refractivity contribution in [3.8, 4) is 0 Å². The Labute approximate surface area is 137 Å². The minimum absolute atomic E-state index is 0. The number of hydrogen-bond acceptors (Lipinski definition) is 3. The highest BCUT2D eigenvalue weighted by Crippen LogP contribution is 2.19. The molecule has 0 aromatic heterocycles. The van der Waals surface area contributed by atoms with Gasteiger partial charge in [-0.1, -0.05) is 11.6 Å². The van der Waals surface area contributed by atoms with Gasteiger partial charge in [-0.25, -0.2) is 0 Å². The summed E-state index contributed by atoms with van der Waals surface area (Å²) < 4.78 is 0. The molecule has 3 N–H and O–H groups in total. The molecule has 122 valence electrons. The van der Waals surface area contributed by atoms with Crippen molar-refractivity contribution in [2.75, 3.05) is 25.5 Å². The number of halogens is 1. The highest BCUT2D eigenvalue weighted by molar-refractivity contribution is 6.03. The van der Waals surface area contributed by atoms with E-state index in [-0.39, 0.29) is 24.2 Å². The second-order valence-electron chi connectivity index (χ2n) is 5.57. The van der Waals surface area contributed by atoms with Crippen molar-refractivity contribution >= 4 is 29.9 Å². The summed E-state index contributed by atoms with van der Waals surface area (Å²) in [6.07, 6.45) is 2.52. The molecule has 1 heterocycles. The predicted octanol–water partition coefficient (Wildman–Crippen LogP) is 2.10. The molecule has 0 bridgehead atoms. The van der Waals surface area contributed by atoms with Crippen molar-refractivity contribution < 1.29 is 9.59 Å². The lowest BCUT2D eigenvalue weighted by Crippen LogP contribution is -2.22. The molecule has 0 spiro atoms. The van der Waals surface area contributed by atoms with E-state index in [4.69, 9.17) is 0 Å². The Morgan fingerprint density at radius 3 is 2.77 bits per heavy atom. The van der Waals surface area contributed by atoms with Crippen LogP contribution in [0.2, 0.25) is 0 Å². The first-order valence-corrected chi connectivity index (χ1v) is 7.43. The maximum atomic E-state index is 12.1. The Hall–Kier alpha value is -1.59. The third kappa shape index (κ3) is 5.00. The quantitative estimate of drug-likeness (QED) is 0.776. The van der Waals surface area contributed by atoms with Gasteiger partial charge in [-0.05, 0) is 50.9 Å². The number of benzene rings is 1. The predicted molar refractivity (Wildman–Crippen MR) is 90.7 cm³/mol. The average Bonchev–Trinajstić information content (AvgIpc) is 2.99. The van der Waals surface area contributed by atoms with Crippen LogP contribution in [0.15, 0.2) is 18.2 Å². The van der Waals surface area contributed by atoms with Crippen LogP contribution in [0.1, 0.15) is 35.2 Å². The van der Waals surface area contributed by atoms with E-state index < -0.39 is 0 Å². The van der Waals surface area contributed by atoms with Crippen LogP contribution in [0.4, 0.5) is 5.69 Å². The number of rotatable bonds is 5. The van der Waals surface area contributed by atoms with Crippen LogP contribution >= 0.6 is 12.4 Å². The Morgan fingerprint density at radius 1 is 1.36 bits per heavy atom. The molecule has 5 nitrogen and oxygen atoms in total. The van der Waals surface area contributed by atoms with Crippen LogP contribution in [0, 0.1) is 12.8 Å². The van der Waals surface area contributed by atoms with Crippen LogP contribution < -0.4 is 16.0 Å². The summed E-state index contributed by atoms with van der Waals surface area (Å²) in [4.78, 5) is 23.9. The number of hydrogen-bond donors (Lipinski definition) is 3. The Balaban J connectivity index is 0.00000242. The number of carbonyl (C=O) groups is 2. The largest absolute Gasteiger partial charge is 0.355 e. The van der Waals surface area contributed by atoms with Gasteiger partial charge < -0.3 is 16.0 Å². The molecule has 0 saturated carbocycles. The first kappa shape index (κ1) is 18.5. The summed E-state index contributed by atoms with van der Waals surface area (Å²) in [6, 6.07) is 5.47. The van der Waals surface area contributed by atoms with E-state index >= 15 is 0 Å². The summed E-state index contributed by atoms with van der Waals surface area (Å²) in [7, 11) is 1.59. The summed E-state index contributed by atoms with van der Waals surface area (Å²) in [5, 5.41) is 8.76. The van der Waals surface area contributed by atoms with Crippen LogP contribution in [-0.4, -0.2) is 32.0 Å². The zero-order chi connectivity index (χ0) is 15.2. The highest BCUT2D eigenvalue weighted by Gasteiger charge is 2.17. The van der Waals surface area contributed by atoms with E-state index in [2.05, 4.69) is 16.0 Å². The van der Waals surface area contributed by atoms with Crippen LogP contribution in [0.25, 0.3) is 0 Å². The zero-order valence-electron chi connectivity index (χ0n) is 13.1. The van der Waals surface area contributed by atoms with Gasteiger partial charge in [0.1, 0.15) is 0 Å². The number of anilines is 1. The van der Waals surface area contributed by atoms with Gasteiger partial charge in [0.15, 0.2) is 0 Å². The molecular formula is C16H24ClN3O2. The lowest BCUT2D eigenvalue weighted by atomic mass is 10.0. The normalized spacial score (nSPS) is 16.7. The smallest absolute Gasteiger partial charge is 0.253 e. The molecular weight excluding hydrogens is 302 g/mol. The van der Waals surface area contributed by atoms with E-state index in [0.717, 1.165) is 31.5 Å². The fourth-order valence-corrected chi connectivity index (χ4v) is 2.60. The molecule has 2 amide bonds. The van der Waals surface area contributed by atoms with E-state index in [0.29, 0.717) is 23.6 Å². The first-order chi connectivity index (χ1) is 10.1. The van der Waals surface area contributed by atoms with Crippen LogP contribution in [0.5, 0.6) is 0 Å². The minimum atomic E-state index is -0.186. The third-order valence-corrected chi connectivity index (χ3v) is 3.86. The van der Waals surface area contributed by atoms with E-state index in [1.165, 1.54) is 0 Å². The van der Waals surface area contributed by atoms with Gasteiger partial charge in [0.25, 0.3) is 5.91 Å². The maximum absolute atomic E-state index is 12.1. The van der Waals surface area contributed by atoms with Crippen LogP contribution in [0.3, 0.4) is 0 Å². The maximum Gasteiger partial charge on any atom is 0.253 e. The van der Waals surface area contributed by atoms with E-state index in [1.807, 2.05) is 13.0 Å². The summed E-state index contributed by atoms with van der Waals surface area (Å²) in [5.41, 5.74) is 2.08. The zero-order valence-corrected chi connectivity index (χ0v) is 13.9. The van der Waals surface area contributed by atoms with Crippen molar-refractivity contribution in [2.24, 2.45) is 5.92 Å². The van der Waals surface area contributed by atoms with Crippen molar-refractivity contribution in [3.63, 3.8) is 0 Å². The van der Waals surface area contributed by atoms with Gasteiger partial charge in [-0.15, -0.1) is 12.4 Å². The second-order valence-corrected chi connectivity index (χ2v) is 5.57. The molecule has 1 aliphatic rings. The number of carbonyl (C=O) groups excluding carboxylic acids is 2. The van der Waals surface area contributed by atoms with Gasteiger partial charge in [-0.3, -0.25) is 9.59 Å². The Kier molecular flexibility index (Phi) is 7.35. The molecule has 1 aromatic rings. The first-order valence-electron chi connectivity index (χ1n) is 7.43. The van der Waals surface area contributed by atoms with Crippen LogP contribution in [-0.2, 0) is 4.79 Å². The third-order valence-electron chi connectivity index (χ3n) is 3.86. The molecule has 1 aliphatic heterocycles. The summed E-state index contributed by atoms with van der Waals surface area (Å²) in [6.45, 7) is 3.97. The lowest BCUT2D eigenvalue weighted by Gasteiger charge is -2.12. The van der Waals surface area contributed by atoms with E-state index in [1.54, 1.807) is 19.2 Å². The fraction of sp³-hybridized carbons (Fsp3) is 0.500. The Bertz CT molecular complexity index is 528.